The molecule has 0 atom stereocenters. The minimum Gasteiger partial charge on any atom is -0.306 e. The van der Waals surface area contributed by atoms with Crippen LogP contribution < -0.4 is 0 Å². The van der Waals surface area contributed by atoms with Crippen LogP contribution in [0.5, 0.6) is 0 Å². The largest absolute Gasteiger partial charge is 0.306 e. The second-order valence-electron chi connectivity index (χ2n) is 2.39. The van der Waals surface area contributed by atoms with Crippen LogP contribution in [0, 0.1) is 0 Å². The first kappa shape index (κ1) is 6.16. The molecule has 0 N–H and O–H groups in total. The van der Waals surface area contributed by atoms with Crippen molar-refractivity contribution in [1.29, 1.82) is 0 Å². The van der Waals surface area contributed by atoms with E-state index < -0.39 is 0 Å². The van der Waals surface area contributed by atoms with Gasteiger partial charge >= 0.3 is 0 Å². The summed E-state index contributed by atoms with van der Waals surface area (Å²) in [5.74, 6) is 0. The van der Waals surface area contributed by atoms with Gasteiger partial charge in [-0.2, -0.15) is 0 Å². The summed E-state index contributed by atoms with van der Waals surface area (Å²) in [5, 5.41) is 0. The van der Waals surface area contributed by atoms with Gasteiger partial charge in [-0.15, -0.1) is 0 Å². The molecular weight excluding hydrogens is 136 g/mol. The molecule has 2 nitrogen and oxygen atoms in total. The molecule has 0 amide bonds. The Hall–Kier alpha value is -1.57. The highest BCUT2D eigenvalue weighted by molar-refractivity contribution is 5.52. The summed E-state index contributed by atoms with van der Waals surface area (Å²) >= 11 is 0. The van der Waals surface area contributed by atoms with Crippen LogP contribution in [0.15, 0.2) is 37.4 Å². The maximum Gasteiger partial charge on any atom is 0.0992 e. The minimum atomic E-state index is 1.11. The Labute approximate surface area is 64.8 Å². The number of hydrogen-bond acceptors (Lipinski definition) is 1. The first-order valence-corrected chi connectivity index (χ1v) is 3.44. The number of fused-ring (bicyclic) bond motifs is 1. The second-order valence-corrected chi connectivity index (χ2v) is 2.39. The van der Waals surface area contributed by atoms with Crippen LogP contribution in [0.1, 0.15) is 5.56 Å². The average Bonchev–Trinajstić information content (AvgIpc) is 2.50. The molecule has 0 aromatic carbocycles. The first-order chi connectivity index (χ1) is 5.40. The van der Waals surface area contributed by atoms with Gasteiger partial charge in [0, 0.05) is 6.20 Å². The van der Waals surface area contributed by atoms with Crippen molar-refractivity contribution in [2.24, 2.45) is 0 Å². The van der Waals surface area contributed by atoms with E-state index in [0.29, 0.717) is 0 Å². The standard InChI is InChI=1S/C9H8N2/c1-2-8-3-4-9-5-10-7-11(9)6-8/h2-7H,1H2. The van der Waals surface area contributed by atoms with Gasteiger partial charge < -0.3 is 4.40 Å². The van der Waals surface area contributed by atoms with Gasteiger partial charge in [0.15, 0.2) is 0 Å². The SMILES string of the molecule is C=Cc1ccc2cncn2c1. The molecule has 0 aliphatic heterocycles. The molecule has 2 rings (SSSR count). The van der Waals surface area contributed by atoms with E-state index in [2.05, 4.69) is 11.6 Å². The van der Waals surface area contributed by atoms with Gasteiger partial charge in [0.2, 0.25) is 0 Å². The summed E-state index contributed by atoms with van der Waals surface area (Å²) < 4.78 is 1.97. The van der Waals surface area contributed by atoms with Gasteiger partial charge in [-0.25, -0.2) is 4.98 Å². The summed E-state index contributed by atoms with van der Waals surface area (Å²) in [7, 11) is 0. The smallest absolute Gasteiger partial charge is 0.0992 e. The van der Waals surface area contributed by atoms with E-state index >= 15 is 0 Å². The maximum absolute atomic E-state index is 4.01. The maximum atomic E-state index is 4.01. The number of nitrogens with zero attached hydrogens (tertiary/aromatic N) is 2. The van der Waals surface area contributed by atoms with E-state index in [-0.39, 0.29) is 0 Å². The molecule has 0 fully saturated rings. The third-order valence-electron chi connectivity index (χ3n) is 1.67. The fourth-order valence-corrected chi connectivity index (χ4v) is 1.06. The average molecular weight is 144 g/mol. The Morgan fingerprint density at radius 1 is 1.45 bits per heavy atom. The Morgan fingerprint density at radius 3 is 3.18 bits per heavy atom. The first-order valence-electron chi connectivity index (χ1n) is 3.44. The Balaban J connectivity index is 2.76. The van der Waals surface area contributed by atoms with Crippen molar-refractivity contribution in [2.75, 3.05) is 0 Å². The van der Waals surface area contributed by atoms with E-state index in [0.717, 1.165) is 11.1 Å². The number of hydrogen-bond donors (Lipinski definition) is 0. The fraction of sp³-hybridized carbons (Fsp3) is 0. The lowest BCUT2D eigenvalue weighted by atomic mass is 10.3. The van der Waals surface area contributed by atoms with Crippen LogP contribution in [0.2, 0.25) is 0 Å². The summed E-state index contributed by atoms with van der Waals surface area (Å²) in [6.07, 6.45) is 7.42. The van der Waals surface area contributed by atoms with E-state index in [4.69, 9.17) is 0 Å². The van der Waals surface area contributed by atoms with E-state index in [9.17, 15) is 0 Å². The highest BCUT2D eigenvalue weighted by Crippen LogP contribution is 2.05. The van der Waals surface area contributed by atoms with Gasteiger partial charge in [0.05, 0.1) is 18.0 Å². The molecule has 2 heteroatoms. The van der Waals surface area contributed by atoms with Crippen LogP contribution in [0.4, 0.5) is 0 Å². The monoisotopic (exact) mass is 144 g/mol. The Kier molecular flexibility index (Phi) is 1.25. The van der Waals surface area contributed by atoms with Crippen LogP contribution in [0.3, 0.4) is 0 Å². The molecule has 2 aromatic heterocycles. The second kappa shape index (κ2) is 2.23. The molecule has 0 saturated heterocycles. The van der Waals surface area contributed by atoms with Crippen LogP contribution >= 0.6 is 0 Å². The van der Waals surface area contributed by atoms with Crippen molar-refractivity contribution < 1.29 is 0 Å². The molecule has 0 bridgehead atoms. The summed E-state index contributed by atoms with van der Waals surface area (Å²) in [6.45, 7) is 3.69. The highest BCUT2D eigenvalue weighted by Gasteiger charge is 1.91. The lowest BCUT2D eigenvalue weighted by Crippen LogP contribution is -1.81. The van der Waals surface area contributed by atoms with Crippen molar-refractivity contribution in [2.45, 2.75) is 0 Å². The lowest BCUT2D eigenvalue weighted by Gasteiger charge is -1.94. The molecule has 54 valence electrons. The molecule has 0 saturated carbocycles. The molecule has 2 heterocycles. The fourth-order valence-electron chi connectivity index (χ4n) is 1.06. The van der Waals surface area contributed by atoms with Gasteiger partial charge in [-0.1, -0.05) is 18.7 Å². The Morgan fingerprint density at radius 2 is 2.36 bits per heavy atom. The lowest BCUT2D eigenvalue weighted by molar-refractivity contribution is 1.15. The topological polar surface area (TPSA) is 17.3 Å². The third kappa shape index (κ3) is 0.923. The molecule has 2 aromatic rings. The highest BCUT2D eigenvalue weighted by atomic mass is 15.0. The number of imidazole rings is 1. The molecule has 0 radical (unpaired) electrons. The van der Waals surface area contributed by atoms with Gasteiger partial charge in [0.25, 0.3) is 0 Å². The van der Waals surface area contributed by atoms with Gasteiger partial charge in [-0.05, 0) is 11.6 Å². The van der Waals surface area contributed by atoms with Crippen LogP contribution in [-0.4, -0.2) is 9.38 Å². The molecule has 0 aliphatic rings. The molecular formula is C9H8N2. The molecule has 0 unspecified atom stereocenters. The predicted molar refractivity (Wildman–Crippen MR) is 45.3 cm³/mol. The van der Waals surface area contributed by atoms with Crippen LogP contribution in [0.25, 0.3) is 11.6 Å². The minimum absolute atomic E-state index is 1.11. The van der Waals surface area contributed by atoms with Crippen molar-refractivity contribution >= 4 is 11.6 Å². The zero-order valence-corrected chi connectivity index (χ0v) is 6.07. The number of aromatic nitrogens is 2. The zero-order chi connectivity index (χ0) is 7.68. The van der Waals surface area contributed by atoms with Crippen molar-refractivity contribution in [3.05, 3.63) is 43.0 Å². The van der Waals surface area contributed by atoms with Crippen molar-refractivity contribution in [3.8, 4) is 0 Å². The van der Waals surface area contributed by atoms with E-state index in [1.165, 1.54) is 0 Å². The zero-order valence-electron chi connectivity index (χ0n) is 6.07. The van der Waals surface area contributed by atoms with Gasteiger partial charge in [-0.3, -0.25) is 0 Å². The summed E-state index contributed by atoms with van der Waals surface area (Å²) in [4.78, 5) is 4.01. The molecule has 11 heavy (non-hydrogen) atoms. The summed E-state index contributed by atoms with van der Waals surface area (Å²) in [5.41, 5.74) is 2.21. The van der Waals surface area contributed by atoms with E-state index in [1.54, 1.807) is 6.33 Å². The van der Waals surface area contributed by atoms with Gasteiger partial charge in [0.1, 0.15) is 0 Å². The van der Waals surface area contributed by atoms with E-state index in [1.807, 2.05) is 35.0 Å². The number of pyridine rings is 1. The molecule has 0 aliphatic carbocycles. The predicted octanol–water partition coefficient (Wildman–Crippen LogP) is 1.98. The van der Waals surface area contributed by atoms with Crippen molar-refractivity contribution in [3.63, 3.8) is 0 Å². The summed E-state index contributed by atoms with van der Waals surface area (Å²) in [6, 6.07) is 4.04. The Bertz CT molecular complexity index is 387. The third-order valence-corrected chi connectivity index (χ3v) is 1.67. The quantitative estimate of drug-likeness (QED) is 0.598. The van der Waals surface area contributed by atoms with Crippen LogP contribution in [-0.2, 0) is 0 Å². The molecule has 0 spiro atoms. The number of rotatable bonds is 1. The van der Waals surface area contributed by atoms with Crippen molar-refractivity contribution in [1.82, 2.24) is 9.38 Å². The normalized spacial score (nSPS) is 10.2.